The quantitative estimate of drug-likeness (QED) is 0.593. The first-order valence-electron chi connectivity index (χ1n) is 11.6. The molecule has 2 aromatic rings. The van der Waals surface area contributed by atoms with Crippen LogP contribution in [0.25, 0.3) is 11.1 Å². The second-order valence-electron chi connectivity index (χ2n) is 8.93. The van der Waals surface area contributed by atoms with Crippen molar-refractivity contribution in [2.45, 2.75) is 44.6 Å². The van der Waals surface area contributed by atoms with Crippen LogP contribution < -0.4 is 10.6 Å². The molecule has 1 fully saturated rings. The lowest BCUT2D eigenvalue weighted by Gasteiger charge is -2.29. The van der Waals surface area contributed by atoms with Crippen molar-refractivity contribution in [1.29, 1.82) is 0 Å². The summed E-state index contributed by atoms with van der Waals surface area (Å²) in [5, 5.41) is 14.8. The van der Waals surface area contributed by atoms with Gasteiger partial charge in [-0.15, -0.1) is 0 Å². The number of alkyl carbamates (subject to hydrolysis) is 1. The molecule has 0 spiro atoms. The average Bonchev–Trinajstić information content (AvgIpc) is 3.15. The Kier molecular flexibility index (Phi) is 6.96. The molecule has 0 bridgehead atoms. The molecule has 3 N–H and O–H groups in total. The summed E-state index contributed by atoms with van der Waals surface area (Å²) in [4.78, 5) is 36.3. The maximum Gasteiger partial charge on any atom is 0.407 e. The van der Waals surface area contributed by atoms with E-state index in [1.165, 1.54) is 0 Å². The second-order valence-corrected chi connectivity index (χ2v) is 8.93. The van der Waals surface area contributed by atoms with Crippen molar-refractivity contribution in [1.82, 2.24) is 10.6 Å². The Morgan fingerprint density at radius 1 is 1.00 bits per heavy atom. The maximum absolute atomic E-state index is 12.5. The van der Waals surface area contributed by atoms with Gasteiger partial charge in [-0.2, -0.15) is 0 Å². The van der Waals surface area contributed by atoms with Crippen molar-refractivity contribution >= 4 is 18.0 Å². The number of carboxylic acids is 1. The Balaban J connectivity index is 1.28. The number of fused-ring (bicyclic) bond motifs is 3. The van der Waals surface area contributed by atoms with Crippen molar-refractivity contribution < 1.29 is 24.2 Å². The molecule has 3 atom stereocenters. The first-order chi connectivity index (χ1) is 16.0. The van der Waals surface area contributed by atoms with Crippen molar-refractivity contribution in [3.63, 3.8) is 0 Å². The predicted octanol–water partition coefficient (Wildman–Crippen LogP) is 3.92. The van der Waals surface area contributed by atoms with E-state index in [0.717, 1.165) is 41.5 Å². The second kappa shape index (κ2) is 10.1. The topological polar surface area (TPSA) is 105 Å². The monoisotopic (exact) mass is 450 g/mol. The van der Waals surface area contributed by atoms with E-state index >= 15 is 0 Å². The number of ether oxygens (including phenoxy) is 1. The van der Waals surface area contributed by atoms with Crippen molar-refractivity contribution in [3.05, 3.63) is 59.7 Å². The van der Waals surface area contributed by atoms with Gasteiger partial charge in [0.25, 0.3) is 0 Å². The predicted molar refractivity (Wildman–Crippen MR) is 124 cm³/mol. The third-order valence-electron chi connectivity index (χ3n) is 6.84. The first-order valence-corrected chi connectivity index (χ1v) is 11.6. The zero-order valence-electron chi connectivity index (χ0n) is 18.8. The molecule has 4 rings (SSSR count). The maximum atomic E-state index is 12.5. The Bertz CT molecular complexity index is 991. The van der Waals surface area contributed by atoms with Gasteiger partial charge < -0.3 is 20.5 Å². The van der Waals surface area contributed by atoms with Crippen molar-refractivity contribution in [3.8, 4) is 11.1 Å². The van der Waals surface area contributed by atoms with Crippen molar-refractivity contribution in [2.75, 3.05) is 13.2 Å². The Labute approximate surface area is 193 Å². The fourth-order valence-electron chi connectivity index (χ4n) is 5.04. The molecule has 2 amide bonds. The molecule has 0 radical (unpaired) electrons. The molecule has 7 nitrogen and oxygen atoms in total. The van der Waals surface area contributed by atoms with Crippen LogP contribution in [0.2, 0.25) is 0 Å². The van der Waals surface area contributed by atoms with Crippen LogP contribution in [0, 0.1) is 11.8 Å². The van der Waals surface area contributed by atoms with Crippen LogP contribution in [0.3, 0.4) is 0 Å². The molecular formula is C26H30N2O5. The summed E-state index contributed by atoms with van der Waals surface area (Å²) < 4.78 is 5.50. The number of hydrogen-bond acceptors (Lipinski definition) is 4. The van der Waals surface area contributed by atoms with Gasteiger partial charge in [0.1, 0.15) is 12.6 Å². The minimum Gasteiger partial charge on any atom is -0.481 e. The van der Waals surface area contributed by atoms with E-state index < -0.39 is 24.0 Å². The summed E-state index contributed by atoms with van der Waals surface area (Å²) in [6, 6.07) is 15.4. The van der Waals surface area contributed by atoms with Crippen LogP contribution in [0.1, 0.15) is 49.7 Å². The van der Waals surface area contributed by atoms with E-state index in [-0.39, 0.29) is 24.3 Å². The number of carbonyl (C=O) groups excluding carboxylic acids is 2. The zero-order valence-corrected chi connectivity index (χ0v) is 18.8. The minimum atomic E-state index is -0.807. The van der Waals surface area contributed by atoms with Gasteiger partial charge in [-0.3, -0.25) is 9.59 Å². The van der Waals surface area contributed by atoms with Gasteiger partial charge in [-0.1, -0.05) is 61.4 Å². The molecule has 2 aromatic carbocycles. The fourth-order valence-corrected chi connectivity index (χ4v) is 5.04. The Morgan fingerprint density at radius 2 is 1.61 bits per heavy atom. The third-order valence-corrected chi connectivity index (χ3v) is 6.84. The number of benzene rings is 2. The summed E-state index contributed by atoms with van der Waals surface area (Å²) in [5.41, 5.74) is 4.55. The van der Waals surface area contributed by atoms with Gasteiger partial charge in [0.15, 0.2) is 0 Å². The van der Waals surface area contributed by atoms with E-state index in [9.17, 15) is 19.5 Å². The molecule has 7 heteroatoms. The van der Waals surface area contributed by atoms with Gasteiger partial charge in [0.2, 0.25) is 5.91 Å². The number of amides is 2. The van der Waals surface area contributed by atoms with Crippen LogP contribution in [-0.4, -0.2) is 42.3 Å². The molecule has 0 saturated heterocycles. The van der Waals surface area contributed by atoms with E-state index in [4.69, 9.17) is 4.74 Å². The Hall–Kier alpha value is -3.35. The van der Waals surface area contributed by atoms with E-state index in [2.05, 4.69) is 22.8 Å². The van der Waals surface area contributed by atoms with Crippen LogP contribution in [0.5, 0.6) is 0 Å². The number of nitrogens with one attached hydrogen (secondary N) is 2. The highest BCUT2D eigenvalue weighted by atomic mass is 16.5. The lowest BCUT2D eigenvalue weighted by Crippen LogP contribution is -2.47. The molecule has 2 aliphatic carbocycles. The lowest BCUT2D eigenvalue weighted by molar-refractivity contribution is -0.145. The summed E-state index contributed by atoms with van der Waals surface area (Å²) in [5.74, 6) is -1.71. The van der Waals surface area contributed by atoms with Gasteiger partial charge in [0.05, 0.1) is 5.92 Å². The van der Waals surface area contributed by atoms with E-state index in [1.807, 2.05) is 36.4 Å². The summed E-state index contributed by atoms with van der Waals surface area (Å²) >= 11 is 0. The zero-order chi connectivity index (χ0) is 23.4. The SMILES string of the molecule is C[C@@H](NC(=O)OCC1c2ccccc2-c2ccccc21)C(=O)NCC1CCCCC1C(=O)O. The van der Waals surface area contributed by atoms with Crippen LogP contribution >= 0.6 is 0 Å². The molecule has 0 heterocycles. The molecular weight excluding hydrogens is 420 g/mol. The van der Waals surface area contributed by atoms with E-state index in [0.29, 0.717) is 13.0 Å². The molecule has 33 heavy (non-hydrogen) atoms. The number of rotatable bonds is 7. The van der Waals surface area contributed by atoms with Crippen molar-refractivity contribution in [2.24, 2.45) is 11.8 Å². The van der Waals surface area contributed by atoms with Crippen LogP contribution in [-0.2, 0) is 14.3 Å². The highest BCUT2D eigenvalue weighted by molar-refractivity contribution is 5.85. The molecule has 174 valence electrons. The molecule has 2 unspecified atom stereocenters. The smallest absolute Gasteiger partial charge is 0.407 e. The van der Waals surface area contributed by atoms with Crippen LogP contribution in [0.4, 0.5) is 4.79 Å². The lowest BCUT2D eigenvalue weighted by atomic mass is 9.79. The number of carbonyl (C=O) groups is 3. The van der Waals surface area contributed by atoms with Crippen LogP contribution in [0.15, 0.2) is 48.5 Å². The Morgan fingerprint density at radius 3 is 2.24 bits per heavy atom. The normalized spacial score (nSPS) is 20.3. The van der Waals surface area contributed by atoms with Gasteiger partial charge in [0, 0.05) is 12.5 Å². The third kappa shape index (κ3) is 5.02. The minimum absolute atomic E-state index is 0.0495. The standard InChI is InChI=1S/C26H30N2O5/c1-16(24(29)27-14-17-8-2-3-9-18(17)25(30)31)28-26(32)33-15-23-21-12-6-4-10-19(21)20-11-5-7-13-22(20)23/h4-7,10-13,16-18,23H,2-3,8-9,14-15H2,1H3,(H,27,29)(H,28,32)(H,30,31)/t16-,17?,18?/m1/s1. The number of aliphatic carboxylic acids is 1. The summed E-state index contributed by atoms with van der Waals surface area (Å²) in [7, 11) is 0. The largest absolute Gasteiger partial charge is 0.481 e. The fraction of sp³-hybridized carbons (Fsp3) is 0.423. The molecule has 2 aliphatic rings. The average molecular weight is 451 g/mol. The van der Waals surface area contributed by atoms with Gasteiger partial charge >= 0.3 is 12.1 Å². The summed E-state index contributed by atoms with van der Waals surface area (Å²) in [6.07, 6.45) is 2.65. The number of carboxylic acid groups (broad SMARTS) is 1. The molecule has 0 aromatic heterocycles. The highest BCUT2D eigenvalue weighted by Gasteiger charge is 2.32. The van der Waals surface area contributed by atoms with Gasteiger partial charge in [-0.25, -0.2) is 4.79 Å². The first kappa shape index (κ1) is 22.8. The van der Waals surface area contributed by atoms with E-state index in [1.54, 1.807) is 6.92 Å². The molecule has 1 saturated carbocycles. The van der Waals surface area contributed by atoms with Gasteiger partial charge in [-0.05, 0) is 47.9 Å². The molecule has 0 aliphatic heterocycles. The number of hydrogen-bond donors (Lipinski definition) is 3. The highest BCUT2D eigenvalue weighted by Crippen LogP contribution is 2.44. The summed E-state index contributed by atoms with van der Waals surface area (Å²) in [6.45, 7) is 2.06.